The molecule has 0 spiro atoms. The fourth-order valence-electron chi connectivity index (χ4n) is 2.48. The molecule has 2 heterocycles. The first-order valence-electron chi connectivity index (χ1n) is 6.82. The van der Waals surface area contributed by atoms with Crippen LogP contribution in [-0.4, -0.2) is 37.1 Å². The molecule has 0 unspecified atom stereocenters. The van der Waals surface area contributed by atoms with Crippen LogP contribution in [0.4, 0.5) is 0 Å². The van der Waals surface area contributed by atoms with Crippen LogP contribution in [0.2, 0.25) is 5.02 Å². The molecule has 1 aromatic heterocycles. The second kappa shape index (κ2) is 7.45. The van der Waals surface area contributed by atoms with E-state index in [0.29, 0.717) is 16.5 Å². The average Bonchev–Trinajstić information content (AvgIpc) is 3.08. The van der Waals surface area contributed by atoms with Crippen molar-refractivity contribution in [1.29, 1.82) is 0 Å². The van der Waals surface area contributed by atoms with Gasteiger partial charge in [-0.2, -0.15) is 0 Å². The number of nitrogens with zero attached hydrogens (tertiary/aromatic N) is 1. The minimum absolute atomic E-state index is 0. The van der Waals surface area contributed by atoms with Gasteiger partial charge in [0.25, 0.3) is 0 Å². The van der Waals surface area contributed by atoms with Crippen molar-refractivity contribution < 1.29 is 9.53 Å². The summed E-state index contributed by atoms with van der Waals surface area (Å²) >= 11 is 7.65. The number of carbonyl (C=O) groups is 1. The molecule has 1 aliphatic rings. The Morgan fingerprint density at radius 1 is 1.29 bits per heavy atom. The molecule has 0 saturated carbocycles. The molecular weight excluding hydrogens is 329 g/mol. The summed E-state index contributed by atoms with van der Waals surface area (Å²) in [5.74, 6) is -0.310. The van der Waals surface area contributed by atoms with Crippen LogP contribution in [0.3, 0.4) is 0 Å². The number of thiophene rings is 1. The Bertz CT molecular complexity index is 623. The highest BCUT2D eigenvalue weighted by atomic mass is 35.5. The third-order valence-corrected chi connectivity index (χ3v) is 5.22. The molecule has 3 rings (SSSR count). The van der Waals surface area contributed by atoms with Gasteiger partial charge in [-0.3, -0.25) is 4.90 Å². The normalized spacial score (nSPS) is 15.1. The zero-order valence-corrected chi connectivity index (χ0v) is 13.9. The molecule has 1 saturated heterocycles. The van der Waals surface area contributed by atoms with Crippen molar-refractivity contribution in [3.63, 3.8) is 0 Å². The van der Waals surface area contributed by atoms with Gasteiger partial charge < -0.3 is 4.74 Å². The maximum atomic E-state index is 12.1. The lowest BCUT2D eigenvalue weighted by Gasteiger charge is -2.13. The van der Waals surface area contributed by atoms with Crippen molar-refractivity contribution in [3.8, 4) is 0 Å². The van der Waals surface area contributed by atoms with E-state index >= 15 is 0 Å². The Balaban J connectivity index is 0.00000161. The summed E-state index contributed by atoms with van der Waals surface area (Å²) in [6.45, 7) is 3.47. The van der Waals surface area contributed by atoms with Gasteiger partial charge in [-0.15, -0.1) is 23.7 Å². The number of halogens is 2. The lowest BCUT2D eigenvalue weighted by molar-refractivity contribution is 0.0478. The van der Waals surface area contributed by atoms with Gasteiger partial charge in [-0.05, 0) is 32.0 Å². The van der Waals surface area contributed by atoms with Crippen molar-refractivity contribution in [2.75, 3.05) is 26.2 Å². The molecule has 0 bridgehead atoms. The average molecular weight is 346 g/mol. The summed E-state index contributed by atoms with van der Waals surface area (Å²) in [6, 6.07) is 7.75. The Labute approximate surface area is 139 Å². The van der Waals surface area contributed by atoms with Gasteiger partial charge >= 0.3 is 5.97 Å². The van der Waals surface area contributed by atoms with E-state index in [0.717, 1.165) is 29.7 Å². The molecule has 0 radical (unpaired) electrons. The highest BCUT2D eigenvalue weighted by Crippen LogP contribution is 2.35. The first-order chi connectivity index (χ1) is 9.75. The predicted octanol–water partition coefficient (Wildman–Crippen LogP) is 4.23. The second-order valence-electron chi connectivity index (χ2n) is 4.93. The fourth-order valence-corrected chi connectivity index (χ4v) is 3.89. The Hall–Kier alpha value is -0.810. The van der Waals surface area contributed by atoms with Gasteiger partial charge in [0, 0.05) is 16.6 Å². The van der Waals surface area contributed by atoms with Crippen LogP contribution in [0.1, 0.15) is 22.5 Å². The summed E-state index contributed by atoms with van der Waals surface area (Å²) in [4.78, 5) is 14.9. The van der Waals surface area contributed by atoms with Crippen LogP contribution >= 0.6 is 35.3 Å². The van der Waals surface area contributed by atoms with Crippen LogP contribution in [0.25, 0.3) is 10.1 Å². The van der Waals surface area contributed by atoms with E-state index in [4.69, 9.17) is 16.3 Å². The van der Waals surface area contributed by atoms with Crippen molar-refractivity contribution in [2.45, 2.75) is 12.8 Å². The number of esters is 1. The summed E-state index contributed by atoms with van der Waals surface area (Å²) in [5, 5.41) is 1.43. The molecule has 3 nitrogen and oxygen atoms in total. The summed E-state index contributed by atoms with van der Waals surface area (Å²) in [5.41, 5.74) is 0. The smallest absolute Gasteiger partial charge is 0.349 e. The van der Waals surface area contributed by atoms with Crippen molar-refractivity contribution in [1.82, 2.24) is 4.90 Å². The van der Waals surface area contributed by atoms with Crippen LogP contribution in [0.5, 0.6) is 0 Å². The van der Waals surface area contributed by atoms with Crippen LogP contribution in [-0.2, 0) is 4.74 Å². The number of hydrogen-bond acceptors (Lipinski definition) is 4. The first-order valence-corrected chi connectivity index (χ1v) is 8.01. The number of fused-ring (bicyclic) bond motifs is 1. The van der Waals surface area contributed by atoms with E-state index in [2.05, 4.69) is 4.90 Å². The second-order valence-corrected chi connectivity index (χ2v) is 6.36. The lowest BCUT2D eigenvalue weighted by atomic mass is 10.2. The van der Waals surface area contributed by atoms with E-state index in [9.17, 15) is 4.79 Å². The maximum absolute atomic E-state index is 12.1. The zero-order chi connectivity index (χ0) is 13.9. The monoisotopic (exact) mass is 345 g/mol. The van der Waals surface area contributed by atoms with Crippen LogP contribution in [0, 0.1) is 0 Å². The molecule has 114 valence electrons. The molecule has 0 N–H and O–H groups in total. The molecule has 2 aromatic rings. The number of likely N-dealkylation sites (tertiary alicyclic amines) is 1. The topological polar surface area (TPSA) is 29.5 Å². The minimum atomic E-state index is -0.310. The van der Waals surface area contributed by atoms with Crippen molar-refractivity contribution in [3.05, 3.63) is 34.2 Å². The Morgan fingerprint density at radius 3 is 2.71 bits per heavy atom. The molecule has 21 heavy (non-hydrogen) atoms. The van der Waals surface area contributed by atoms with Crippen LogP contribution in [0.15, 0.2) is 24.3 Å². The summed E-state index contributed by atoms with van der Waals surface area (Å²) in [7, 11) is 0. The molecule has 1 aromatic carbocycles. The standard InChI is InChI=1S/C15H16ClNO2S.ClH/c16-13-11-5-1-2-6-12(11)20-14(13)15(18)19-10-9-17-7-3-4-8-17;/h1-2,5-6H,3-4,7-10H2;1H. The lowest BCUT2D eigenvalue weighted by Crippen LogP contribution is -2.25. The highest BCUT2D eigenvalue weighted by Gasteiger charge is 2.19. The predicted molar refractivity (Wildman–Crippen MR) is 90.0 cm³/mol. The quantitative estimate of drug-likeness (QED) is 0.776. The minimum Gasteiger partial charge on any atom is -0.460 e. The number of benzene rings is 1. The SMILES string of the molecule is Cl.O=C(OCCN1CCCC1)c1sc2ccccc2c1Cl. The number of hydrogen-bond donors (Lipinski definition) is 0. The zero-order valence-electron chi connectivity index (χ0n) is 11.5. The summed E-state index contributed by atoms with van der Waals surface area (Å²) < 4.78 is 6.36. The fraction of sp³-hybridized carbons (Fsp3) is 0.400. The number of carbonyl (C=O) groups excluding carboxylic acids is 1. The molecule has 0 atom stereocenters. The molecule has 6 heteroatoms. The molecule has 0 amide bonds. The molecule has 1 fully saturated rings. The van der Waals surface area contributed by atoms with E-state index in [-0.39, 0.29) is 18.4 Å². The van der Waals surface area contributed by atoms with Crippen LogP contribution < -0.4 is 0 Å². The van der Waals surface area contributed by atoms with E-state index in [1.54, 1.807) is 0 Å². The highest BCUT2D eigenvalue weighted by molar-refractivity contribution is 7.21. The molecule has 0 aliphatic carbocycles. The third-order valence-electron chi connectivity index (χ3n) is 3.56. The van der Waals surface area contributed by atoms with Gasteiger partial charge in [0.2, 0.25) is 0 Å². The van der Waals surface area contributed by atoms with Crippen molar-refractivity contribution in [2.24, 2.45) is 0 Å². The van der Waals surface area contributed by atoms with Gasteiger partial charge in [0.1, 0.15) is 11.5 Å². The van der Waals surface area contributed by atoms with Gasteiger partial charge in [-0.25, -0.2) is 4.79 Å². The maximum Gasteiger partial charge on any atom is 0.349 e. The van der Waals surface area contributed by atoms with Crippen molar-refractivity contribution >= 4 is 51.4 Å². The van der Waals surface area contributed by atoms with E-state index < -0.39 is 0 Å². The molecule has 1 aliphatic heterocycles. The summed E-state index contributed by atoms with van der Waals surface area (Å²) in [6.07, 6.45) is 2.49. The van der Waals surface area contributed by atoms with Gasteiger partial charge in [0.05, 0.1) is 5.02 Å². The number of ether oxygens (including phenoxy) is 1. The first kappa shape index (κ1) is 16.6. The molecular formula is C15H17Cl2NO2S. The van der Waals surface area contributed by atoms with Gasteiger partial charge in [0.15, 0.2) is 0 Å². The Kier molecular flexibility index (Phi) is 5.88. The largest absolute Gasteiger partial charge is 0.460 e. The van der Waals surface area contributed by atoms with E-state index in [1.165, 1.54) is 24.2 Å². The third kappa shape index (κ3) is 3.69. The number of rotatable bonds is 4. The Morgan fingerprint density at radius 2 is 2.00 bits per heavy atom. The van der Waals surface area contributed by atoms with E-state index in [1.807, 2.05) is 24.3 Å². The van der Waals surface area contributed by atoms with Gasteiger partial charge in [-0.1, -0.05) is 29.8 Å².